The second-order valence-corrected chi connectivity index (χ2v) is 4.76. The lowest BCUT2D eigenvalue weighted by molar-refractivity contribution is -0.138. The third kappa shape index (κ3) is 8.02. The number of carboxylic acids is 1. The van der Waals surface area contributed by atoms with Gasteiger partial charge in [-0.3, -0.25) is 19.2 Å². The maximum Gasteiger partial charge on any atom is 0.320 e. The van der Waals surface area contributed by atoms with E-state index in [0.29, 0.717) is 0 Å². The summed E-state index contributed by atoms with van der Waals surface area (Å²) in [5, 5.41) is 12.7. The second kappa shape index (κ2) is 9.61. The quantitative estimate of drug-likeness (QED) is 0.276. The molecule has 0 saturated carbocycles. The van der Waals surface area contributed by atoms with Gasteiger partial charge in [-0.2, -0.15) is 12.6 Å². The number of aliphatic carboxylic acids is 1. The molecule has 0 aromatic rings. The first kappa shape index (κ1) is 18.7. The molecule has 0 aromatic heterocycles. The zero-order chi connectivity index (χ0) is 15.7. The molecule has 20 heavy (non-hydrogen) atoms. The van der Waals surface area contributed by atoms with Crippen LogP contribution in [0.5, 0.6) is 0 Å². The maximum atomic E-state index is 11.6. The molecule has 2 unspecified atom stereocenters. The molecule has 10 heteroatoms. The Hall–Kier alpha value is -1.26. The fraction of sp³-hybridized carbons (Fsp3) is 0.600. The first-order valence-electron chi connectivity index (χ1n) is 5.66. The first-order chi connectivity index (χ1) is 9.27. The van der Waals surface area contributed by atoms with Crippen LogP contribution in [0.3, 0.4) is 0 Å². The highest BCUT2D eigenvalue weighted by Crippen LogP contribution is 1.97. The first-order valence-corrected chi connectivity index (χ1v) is 6.74. The van der Waals surface area contributed by atoms with Crippen LogP contribution in [0.25, 0.3) is 0 Å². The molecule has 5 N–H and O–H groups in total. The van der Waals surface area contributed by atoms with Crippen molar-refractivity contribution in [2.75, 3.05) is 12.3 Å². The Labute approximate surface area is 126 Å². The SMILES string of the molecule is NC(CCC(=O)NC(CS)C(=O)NCC(=O)S)C(=O)O. The molecule has 0 aliphatic heterocycles. The summed E-state index contributed by atoms with van der Waals surface area (Å²) in [6.45, 7) is -0.258. The summed E-state index contributed by atoms with van der Waals surface area (Å²) in [4.78, 5) is 44.2. The fourth-order valence-corrected chi connectivity index (χ4v) is 1.49. The van der Waals surface area contributed by atoms with Crippen molar-refractivity contribution in [2.45, 2.75) is 24.9 Å². The van der Waals surface area contributed by atoms with Gasteiger partial charge in [-0.05, 0) is 6.42 Å². The van der Waals surface area contributed by atoms with E-state index in [1.54, 1.807) is 0 Å². The van der Waals surface area contributed by atoms with Crippen molar-refractivity contribution in [1.29, 1.82) is 0 Å². The Morgan fingerprint density at radius 2 is 1.85 bits per heavy atom. The number of nitrogens with two attached hydrogens (primary N) is 1. The van der Waals surface area contributed by atoms with E-state index in [-0.39, 0.29) is 25.1 Å². The highest BCUT2D eigenvalue weighted by Gasteiger charge is 2.20. The topological polar surface area (TPSA) is 139 Å². The fourth-order valence-electron chi connectivity index (χ4n) is 1.16. The Bertz CT molecular complexity index is 391. The molecule has 8 nitrogen and oxygen atoms in total. The summed E-state index contributed by atoms with van der Waals surface area (Å²) in [5.41, 5.74) is 5.25. The third-order valence-corrected chi connectivity index (χ3v) is 2.77. The van der Waals surface area contributed by atoms with Crippen molar-refractivity contribution in [3.63, 3.8) is 0 Å². The number of carbonyl (C=O) groups is 4. The molecule has 0 saturated heterocycles. The van der Waals surface area contributed by atoms with E-state index in [1.165, 1.54) is 0 Å². The molecule has 2 atom stereocenters. The highest BCUT2D eigenvalue weighted by molar-refractivity contribution is 7.96. The predicted octanol–water partition coefficient (Wildman–Crippen LogP) is -1.83. The van der Waals surface area contributed by atoms with Crippen molar-refractivity contribution < 1.29 is 24.3 Å². The lowest BCUT2D eigenvalue weighted by Crippen LogP contribution is -2.49. The van der Waals surface area contributed by atoms with Gasteiger partial charge in [0.15, 0.2) is 0 Å². The average Bonchev–Trinajstić information content (AvgIpc) is 2.38. The number of amides is 2. The lowest BCUT2D eigenvalue weighted by atomic mass is 10.1. The van der Waals surface area contributed by atoms with E-state index >= 15 is 0 Å². The van der Waals surface area contributed by atoms with Gasteiger partial charge >= 0.3 is 5.97 Å². The third-order valence-electron chi connectivity index (χ3n) is 2.25. The number of rotatable bonds is 9. The van der Waals surface area contributed by atoms with Crippen LogP contribution in [-0.4, -0.2) is 52.4 Å². The molecule has 0 aromatic carbocycles. The van der Waals surface area contributed by atoms with Crippen LogP contribution in [0.2, 0.25) is 0 Å². The molecular formula is C10H17N3O5S2. The number of thiol groups is 2. The minimum atomic E-state index is -1.20. The van der Waals surface area contributed by atoms with E-state index in [2.05, 4.69) is 35.9 Å². The molecule has 0 heterocycles. The monoisotopic (exact) mass is 323 g/mol. The molecule has 2 amide bonds. The van der Waals surface area contributed by atoms with Gasteiger partial charge in [0.2, 0.25) is 16.9 Å². The van der Waals surface area contributed by atoms with E-state index in [1.807, 2.05) is 0 Å². The number of hydrogen-bond donors (Lipinski definition) is 6. The van der Waals surface area contributed by atoms with Crippen LogP contribution in [0.15, 0.2) is 0 Å². The average molecular weight is 323 g/mol. The Kier molecular flexibility index (Phi) is 9.01. The lowest BCUT2D eigenvalue weighted by Gasteiger charge is -2.16. The summed E-state index contributed by atoms with van der Waals surface area (Å²) in [5.74, 6) is -2.26. The molecule has 0 aliphatic carbocycles. The van der Waals surface area contributed by atoms with Gasteiger partial charge in [0, 0.05) is 12.2 Å². The van der Waals surface area contributed by atoms with E-state index in [4.69, 9.17) is 10.8 Å². The maximum absolute atomic E-state index is 11.6. The van der Waals surface area contributed by atoms with Gasteiger partial charge in [0.25, 0.3) is 0 Å². The Balaban J connectivity index is 4.21. The van der Waals surface area contributed by atoms with E-state index in [0.717, 1.165) is 0 Å². The van der Waals surface area contributed by atoms with Crippen LogP contribution in [0, 0.1) is 0 Å². The van der Waals surface area contributed by atoms with Gasteiger partial charge in [-0.1, -0.05) is 0 Å². The summed E-state index contributed by atoms with van der Waals surface area (Å²) in [6, 6.07) is -2.05. The van der Waals surface area contributed by atoms with Crippen molar-refractivity contribution in [3.8, 4) is 0 Å². The molecule has 0 spiro atoms. The zero-order valence-electron chi connectivity index (χ0n) is 10.5. The van der Waals surface area contributed by atoms with Crippen LogP contribution >= 0.6 is 25.3 Å². The summed E-state index contributed by atoms with van der Waals surface area (Å²) < 4.78 is 0. The van der Waals surface area contributed by atoms with Crippen molar-refractivity contribution in [3.05, 3.63) is 0 Å². The van der Waals surface area contributed by atoms with Gasteiger partial charge in [-0.25, -0.2) is 0 Å². The van der Waals surface area contributed by atoms with E-state index in [9.17, 15) is 19.2 Å². The highest BCUT2D eigenvalue weighted by atomic mass is 32.1. The van der Waals surface area contributed by atoms with Crippen LogP contribution in [0.1, 0.15) is 12.8 Å². The van der Waals surface area contributed by atoms with Gasteiger partial charge in [0.1, 0.15) is 12.1 Å². The van der Waals surface area contributed by atoms with Crippen LogP contribution < -0.4 is 16.4 Å². The van der Waals surface area contributed by atoms with Crippen molar-refractivity contribution in [2.24, 2.45) is 5.73 Å². The largest absolute Gasteiger partial charge is 0.480 e. The predicted molar refractivity (Wildman–Crippen MR) is 77.6 cm³/mol. The van der Waals surface area contributed by atoms with Gasteiger partial charge in [0.05, 0.1) is 6.54 Å². The molecule has 0 fully saturated rings. The summed E-state index contributed by atoms with van der Waals surface area (Å²) >= 11 is 7.40. The number of nitrogens with one attached hydrogen (secondary N) is 2. The van der Waals surface area contributed by atoms with Crippen molar-refractivity contribution in [1.82, 2.24) is 10.6 Å². The molecule has 0 aliphatic rings. The van der Waals surface area contributed by atoms with Crippen LogP contribution in [0.4, 0.5) is 0 Å². The van der Waals surface area contributed by atoms with Gasteiger partial charge in [-0.15, -0.1) is 12.6 Å². The van der Waals surface area contributed by atoms with E-state index < -0.39 is 35.0 Å². The zero-order valence-corrected chi connectivity index (χ0v) is 12.3. The Morgan fingerprint density at radius 1 is 1.25 bits per heavy atom. The number of carbonyl (C=O) groups excluding carboxylic acids is 3. The molecule has 0 bridgehead atoms. The Morgan fingerprint density at radius 3 is 2.30 bits per heavy atom. The normalized spacial score (nSPS) is 13.2. The minimum Gasteiger partial charge on any atom is -0.480 e. The summed E-state index contributed by atoms with van der Waals surface area (Å²) in [6.07, 6.45) is -0.173. The number of carboxylic acid groups (broad SMARTS) is 1. The standard InChI is InChI=1S/C10H17N3O5S2/c11-5(10(17)18)1-2-7(14)13-6(4-19)9(16)12-3-8(15)20/h5-6,19H,1-4,11H2,(H,12,16)(H,13,14)(H,15,20)(H,17,18). The van der Waals surface area contributed by atoms with Crippen LogP contribution in [-0.2, 0) is 19.2 Å². The molecular weight excluding hydrogens is 306 g/mol. The smallest absolute Gasteiger partial charge is 0.320 e. The summed E-state index contributed by atoms with van der Waals surface area (Å²) in [7, 11) is 0. The van der Waals surface area contributed by atoms with Gasteiger partial charge < -0.3 is 21.5 Å². The second-order valence-electron chi connectivity index (χ2n) is 3.90. The molecule has 114 valence electrons. The number of hydrogen-bond acceptors (Lipinski definition) is 6. The van der Waals surface area contributed by atoms with Crippen molar-refractivity contribution >= 4 is 48.2 Å². The molecule has 0 radical (unpaired) electrons. The molecule has 0 rings (SSSR count). The minimum absolute atomic E-state index is 0.0311.